The van der Waals surface area contributed by atoms with Gasteiger partial charge in [0.2, 0.25) is 17.7 Å². The lowest BCUT2D eigenvalue weighted by atomic mass is 10.00. The van der Waals surface area contributed by atoms with Crippen LogP contribution in [0.1, 0.15) is 31.7 Å². The zero-order chi connectivity index (χ0) is 20.4. The Balaban J connectivity index is 1.40. The van der Waals surface area contributed by atoms with Crippen LogP contribution in [0.5, 0.6) is 0 Å². The lowest BCUT2D eigenvalue weighted by Crippen LogP contribution is -2.58. The van der Waals surface area contributed by atoms with Gasteiger partial charge in [-0.1, -0.05) is 19.1 Å². The van der Waals surface area contributed by atoms with Gasteiger partial charge >= 0.3 is 0 Å². The van der Waals surface area contributed by atoms with Crippen LogP contribution in [-0.2, 0) is 20.8 Å². The topological polar surface area (TPSA) is 73.0 Å². The van der Waals surface area contributed by atoms with Gasteiger partial charge < -0.3 is 20.0 Å². The van der Waals surface area contributed by atoms with E-state index in [2.05, 4.69) is 12.2 Å². The minimum Gasteiger partial charge on any atom is -0.340 e. The van der Waals surface area contributed by atoms with Crippen LogP contribution in [0.3, 0.4) is 0 Å². The first-order chi connectivity index (χ1) is 14.1. The Hall–Kier alpha value is -2.41. The summed E-state index contributed by atoms with van der Waals surface area (Å²) in [7, 11) is 0. The molecule has 156 valence electrons. The van der Waals surface area contributed by atoms with Crippen molar-refractivity contribution >= 4 is 23.4 Å². The number of aryl methyl sites for hydroxylation is 1. The van der Waals surface area contributed by atoms with Gasteiger partial charge in [-0.15, -0.1) is 0 Å². The Morgan fingerprint density at radius 3 is 2.62 bits per heavy atom. The molecular formula is C22H30N4O3. The second-order valence-electron chi connectivity index (χ2n) is 8.27. The lowest BCUT2D eigenvalue weighted by molar-refractivity contribution is -0.142. The summed E-state index contributed by atoms with van der Waals surface area (Å²) in [6, 6.07) is 8.11. The number of hydrogen-bond acceptors (Lipinski definition) is 4. The van der Waals surface area contributed by atoms with Crippen molar-refractivity contribution in [2.45, 2.75) is 38.6 Å². The second-order valence-corrected chi connectivity index (χ2v) is 8.27. The first-order valence-electron chi connectivity index (χ1n) is 10.7. The summed E-state index contributed by atoms with van der Waals surface area (Å²) in [5, 5.41) is 3.10. The predicted octanol–water partition coefficient (Wildman–Crippen LogP) is 1.02. The SMILES string of the molecule is CCc1ccc(N2CC(C(=O)N3CCCC(N4CCNCC4=O)C3)CC2=O)cc1. The third-order valence-electron chi connectivity index (χ3n) is 6.41. The molecule has 1 N–H and O–H groups in total. The van der Waals surface area contributed by atoms with Crippen molar-refractivity contribution in [3.05, 3.63) is 29.8 Å². The Morgan fingerprint density at radius 2 is 1.90 bits per heavy atom. The van der Waals surface area contributed by atoms with Crippen LogP contribution in [0.15, 0.2) is 24.3 Å². The van der Waals surface area contributed by atoms with Gasteiger partial charge in [0.25, 0.3) is 0 Å². The number of amides is 3. The average Bonchev–Trinajstić information content (AvgIpc) is 3.15. The standard InChI is InChI=1S/C22H30N4O3/c1-2-16-5-7-18(8-6-16)26-14-17(12-20(26)27)22(29)24-10-3-4-19(15-24)25-11-9-23-13-21(25)28/h5-8,17,19,23H,2-4,9-15H2,1H3. The second kappa shape index (κ2) is 8.53. The lowest BCUT2D eigenvalue weighted by Gasteiger charge is -2.41. The number of likely N-dealkylation sites (tertiary alicyclic amines) is 1. The molecule has 3 aliphatic heterocycles. The first-order valence-corrected chi connectivity index (χ1v) is 10.7. The fourth-order valence-electron chi connectivity index (χ4n) is 4.71. The van der Waals surface area contributed by atoms with Gasteiger partial charge in [0.15, 0.2) is 0 Å². The van der Waals surface area contributed by atoms with Crippen LogP contribution in [0, 0.1) is 5.92 Å². The summed E-state index contributed by atoms with van der Waals surface area (Å²) in [6.07, 6.45) is 3.06. The third kappa shape index (κ3) is 4.15. The van der Waals surface area contributed by atoms with Crippen LogP contribution in [0.25, 0.3) is 0 Å². The summed E-state index contributed by atoms with van der Waals surface area (Å²) in [6.45, 7) is 5.73. The highest BCUT2D eigenvalue weighted by molar-refractivity contribution is 6.00. The van der Waals surface area contributed by atoms with Crippen molar-refractivity contribution in [2.75, 3.05) is 44.2 Å². The highest BCUT2D eigenvalue weighted by Gasteiger charge is 2.39. The number of piperidine rings is 1. The van der Waals surface area contributed by atoms with E-state index in [9.17, 15) is 14.4 Å². The third-order valence-corrected chi connectivity index (χ3v) is 6.41. The normalized spacial score (nSPS) is 25.6. The molecule has 4 rings (SSSR count). The van der Waals surface area contributed by atoms with Crippen LogP contribution in [0.4, 0.5) is 5.69 Å². The maximum Gasteiger partial charge on any atom is 0.236 e. The van der Waals surface area contributed by atoms with Crippen molar-refractivity contribution in [2.24, 2.45) is 5.92 Å². The van der Waals surface area contributed by atoms with Gasteiger partial charge in [0.05, 0.1) is 12.5 Å². The molecule has 3 amide bonds. The Morgan fingerprint density at radius 1 is 1.10 bits per heavy atom. The fourth-order valence-corrected chi connectivity index (χ4v) is 4.71. The van der Waals surface area contributed by atoms with Crippen molar-refractivity contribution in [3.8, 4) is 0 Å². The minimum absolute atomic E-state index is 0.0124. The number of nitrogens with zero attached hydrogens (tertiary/aromatic N) is 3. The monoisotopic (exact) mass is 398 g/mol. The van der Waals surface area contributed by atoms with E-state index >= 15 is 0 Å². The summed E-state index contributed by atoms with van der Waals surface area (Å²) in [4.78, 5) is 43.5. The minimum atomic E-state index is -0.300. The van der Waals surface area contributed by atoms with Crippen molar-refractivity contribution in [1.29, 1.82) is 0 Å². The van der Waals surface area contributed by atoms with E-state index in [1.165, 1.54) is 5.56 Å². The molecule has 3 saturated heterocycles. The van der Waals surface area contributed by atoms with Crippen LogP contribution in [-0.4, -0.2) is 72.8 Å². The molecule has 0 bridgehead atoms. The predicted molar refractivity (Wildman–Crippen MR) is 110 cm³/mol. The molecule has 7 nitrogen and oxygen atoms in total. The smallest absolute Gasteiger partial charge is 0.236 e. The number of nitrogens with one attached hydrogen (secondary N) is 1. The highest BCUT2D eigenvalue weighted by atomic mass is 16.2. The number of anilines is 1. The summed E-state index contributed by atoms with van der Waals surface area (Å²) >= 11 is 0. The highest BCUT2D eigenvalue weighted by Crippen LogP contribution is 2.28. The molecule has 1 aromatic carbocycles. The molecule has 7 heteroatoms. The summed E-state index contributed by atoms with van der Waals surface area (Å²) in [5.74, 6) is -0.115. The van der Waals surface area contributed by atoms with Crippen LogP contribution >= 0.6 is 0 Å². The van der Waals surface area contributed by atoms with E-state index in [1.807, 2.05) is 34.1 Å². The van der Waals surface area contributed by atoms with Gasteiger partial charge in [-0.3, -0.25) is 14.4 Å². The Labute approximate surface area is 172 Å². The van der Waals surface area contributed by atoms with Gasteiger partial charge in [-0.25, -0.2) is 0 Å². The molecule has 0 saturated carbocycles. The molecule has 0 radical (unpaired) electrons. The molecule has 29 heavy (non-hydrogen) atoms. The van der Waals surface area contributed by atoms with E-state index in [0.29, 0.717) is 32.7 Å². The van der Waals surface area contributed by atoms with Crippen molar-refractivity contribution in [1.82, 2.24) is 15.1 Å². The van der Waals surface area contributed by atoms with E-state index < -0.39 is 0 Å². The van der Waals surface area contributed by atoms with Gasteiger partial charge in [-0.05, 0) is 37.0 Å². The van der Waals surface area contributed by atoms with E-state index in [4.69, 9.17) is 0 Å². The van der Waals surface area contributed by atoms with E-state index in [1.54, 1.807) is 4.90 Å². The molecular weight excluding hydrogens is 368 g/mol. The van der Waals surface area contributed by atoms with Gasteiger partial charge in [-0.2, -0.15) is 0 Å². The Bertz CT molecular complexity index is 779. The molecule has 1 aromatic rings. The summed E-state index contributed by atoms with van der Waals surface area (Å²) in [5.41, 5.74) is 2.10. The Kier molecular flexibility index (Phi) is 5.85. The molecule has 2 unspecified atom stereocenters. The van der Waals surface area contributed by atoms with Crippen LogP contribution < -0.4 is 10.2 Å². The number of carbonyl (C=O) groups excluding carboxylic acids is 3. The molecule has 3 heterocycles. The molecule has 2 atom stereocenters. The van der Waals surface area contributed by atoms with Crippen LogP contribution in [0.2, 0.25) is 0 Å². The molecule has 0 spiro atoms. The largest absolute Gasteiger partial charge is 0.340 e. The first kappa shape index (κ1) is 19.9. The molecule has 3 fully saturated rings. The molecule has 0 aliphatic carbocycles. The average molecular weight is 399 g/mol. The van der Waals surface area contributed by atoms with E-state index in [0.717, 1.165) is 31.5 Å². The van der Waals surface area contributed by atoms with E-state index in [-0.39, 0.29) is 36.1 Å². The molecule has 0 aromatic heterocycles. The summed E-state index contributed by atoms with van der Waals surface area (Å²) < 4.78 is 0. The van der Waals surface area contributed by atoms with Crippen molar-refractivity contribution < 1.29 is 14.4 Å². The number of rotatable bonds is 4. The number of carbonyl (C=O) groups is 3. The zero-order valence-corrected chi connectivity index (χ0v) is 17.1. The number of piperazine rings is 1. The van der Waals surface area contributed by atoms with Gasteiger partial charge in [0, 0.05) is 50.9 Å². The quantitative estimate of drug-likeness (QED) is 0.822. The van der Waals surface area contributed by atoms with Crippen molar-refractivity contribution in [3.63, 3.8) is 0 Å². The number of hydrogen-bond donors (Lipinski definition) is 1. The zero-order valence-electron chi connectivity index (χ0n) is 17.1. The maximum atomic E-state index is 13.2. The van der Waals surface area contributed by atoms with Gasteiger partial charge in [0.1, 0.15) is 0 Å². The fraction of sp³-hybridized carbons (Fsp3) is 0.591. The maximum absolute atomic E-state index is 13.2. The number of benzene rings is 1. The molecule has 3 aliphatic rings.